The maximum atomic E-state index is 12.6. The van der Waals surface area contributed by atoms with Crippen molar-refractivity contribution in [2.75, 3.05) is 13.1 Å². The summed E-state index contributed by atoms with van der Waals surface area (Å²) in [5.74, 6) is -0.0353. The molecule has 2 heterocycles. The molecular formula is C18H25N3O3S. The van der Waals surface area contributed by atoms with E-state index in [2.05, 4.69) is 5.32 Å². The van der Waals surface area contributed by atoms with E-state index in [9.17, 15) is 14.4 Å². The number of nitrogens with one attached hydrogen (secondary N) is 1. The van der Waals surface area contributed by atoms with E-state index in [-0.39, 0.29) is 17.8 Å². The number of urea groups is 1. The highest BCUT2D eigenvalue weighted by Gasteiger charge is 2.52. The molecule has 7 heteroatoms. The number of carbonyl (C=O) groups is 3. The van der Waals surface area contributed by atoms with Crippen molar-refractivity contribution in [3.05, 3.63) is 22.4 Å². The van der Waals surface area contributed by atoms with Gasteiger partial charge in [0.15, 0.2) is 0 Å². The van der Waals surface area contributed by atoms with E-state index in [1.54, 1.807) is 11.3 Å². The van der Waals surface area contributed by atoms with Crippen molar-refractivity contribution >= 4 is 29.2 Å². The molecule has 1 aliphatic carbocycles. The predicted octanol–water partition coefficient (Wildman–Crippen LogP) is 2.74. The molecule has 1 aliphatic heterocycles. The van der Waals surface area contributed by atoms with E-state index in [0.29, 0.717) is 32.5 Å². The lowest BCUT2D eigenvalue weighted by atomic mass is 9.98. The molecule has 1 spiro atoms. The third-order valence-electron chi connectivity index (χ3n) is 5.14. The standard InChI is InChI=1S/C18H25N3O3S/c1-2-20(13-14-7-6-12-25-14)15(22)8-5-11-21-16(23)18(19-17(21)24)9-3-4-10-18/h6-7,12H,2-5,8-11,13H2,1H3,(H,19,24). The van der Waals surface area contributed by atoms with Crippen LogP contribution in [0.4, 0.5) is 4.79 Å². The minimum atomic E-state index is -0.657. The first kappa shape index (κ1) is 17.9. The second-order valence-electron chi connectivity index (χ2n) is 6.77. The number of amides is 4. The van der Waals surface area contributed by atoms with Crippen molar-refractivity contribution in [1.82, 2.24) is 15.1 Å². The fraction of sp³-hybridized carbons (Fsp3) is 0.611. The van der Waals surface area contributed by atoms with Crippen LogP contribution in [0.1, 0.15) is 50.3 Å². The van der Waals surface area contributed by atoms with Crippen molar-refractivity contribution in [2.45, 2.75) is 57.5 Å². The number of carbonyl (C=O) groups excluding carboxylic acids is 3. The first-order valence-electron chi connectivity index (χ1n) is 9.00. The highest BCUT2D eigenvalue weighted by atomic mass is 32.1. The Morgan fingerprint density at radius 3 is 2.76 bits per heavy atom. The lowest BCUT2D eigenvalue weighted by molar-refractivity contribution is -0.133. The molecule has 0 radical (unpaired) electrons. The fourth-order valence-electron chi connectivity index (χ4n) is 3.71. The monoisotopic (exact) mass is 363 g/mol. The van der Waals surface area contributed by atoms with Crippen LogP contribution >= 0.6 is 11.3 Å². The van der Waals surface area contributed by atoms with Crippen LogP contribution in [0.5, 0.6) is 0 Å². The first-order chi connectivity index (χ1) is 12.1. The lowest BCUT2D eigenvalue weighted by Gasteiger charge is -2.21. The third kappa shape index (κ3) is 3.71. The zero-order valence-corrected chi connectivity index (χ0v) is 15.4. The summed E-state index contributed by atoms with van der Waals surface area (Å²) < 4.78 is 0. The molecule has 6 nitrogen and oxygen atoms in total. The molecule has 1 saturated carbocycles. The Balaban J connectivity index is 1.49. The van der Waals surface area contributed by atoms with Crippen molar-refractivity contribution in [1.29, 1.82) is 0 Å². The molecule has 1 saturated heterocycles. The van der Waals surface area contributed by atoms with E-state index >= 15 is 0 Å². The van der Waals surface area contributed by atoms with Crippen LogP contribution in [0.15, 0.2) is 17.5 Å². The van der Waals surface area contributed by atoms with E-state index < -0.39 is 5.54 Å². The Morgan fingerprint density at radius 2 is 2.12 bits per heavy atom. The maximum absolute atomic E-state index is 12.6. The van der Waals surface area contributed by atoms with Gasteiger partial charge in [-0.1, -0.05) is 18.9 Å². The average Bonchev–Trinajstić information content (AvgIpc) is 3.31. The number of hydrogen-bond acceptors (Lipinski definition) is 4. The van der Waals surface area contributed by atoms with Gasteiger partial charge in [-0.05, 0) is 37.6 Å². The Bertz CT molecular complexity index is 638. The number of imide groups is 1. The minimum absolute atomic E-state index is 0.0681. The Labute approximate surface area is 152 Å². The van der Waals surface area contributed by atoms with E-state index in [4.69, 9.17) is 0 Å². The Hall–Kier alpha value is -1.89. The molecule has 1 aromatic heterocycles. The van der Waals surface area contributed by atoms with Crippen molar-refractivity contribution < 1.29 is 14.4 Å². The predicted molar refractivity (Wildman–Crippen MR) is 96.1 cm³/mol. The van der Waals surface area contributed by atoms with Crippen LogP contribution in [0.25, 0.3) is 0 Å². The molecule has 0 atom stereocenters. The maximum Gasteiger partial charge on any atom is 0.325 e. The summed E-state index contributed by atoms with van der Waals surface area (Å²) in [6.45, 7) is 3.56. The van der Waals surface area contributed by atoms with Gasteiger partial charge < -0.3 is 10.2 Å². The molecule has 3 rings (SSSR count). The van der Waals surface area contributed by atoms with Crippen molar-refractivity contribution in [2.24, 2.45) is 0 Å². The smallest absolute Gasteiger partial charge is 0.325 e. The summed E-state index contributed by atoms with van der Waals surface area (Å²) in [4.78, 5) is 41.4. The van der Waals surface area contributed by atoms with Crippen LogP contribution < -0.4 is 5.32 Å². The number of rotatable bonds is 7. The van der Waals surface area contributed by atoms with Crippen LogP contribution in [-0.2, 0) is 16.1 Å². The van der Waals surface area contributed by atoms with Gasteiger partial charge in [0.1, 0.15) is 5.54 Å². The zero-order valence-electron chi connectivity index (χ0n) is 14.6. The summed E-state index contributed by atoms with van der Waals surface area (Å²) in [6, 6.07) is 3.70. The number of nitrogens with zero attached hydrogens (tertiary/aromatic N) is 2. The van der Waals surface area contributed by atoms with Gasteiger partial charge in [0, 0.05) is 24.4 Å². The van der Waals surface area contributed by atoms with Gasteiger partial charge >= 0.3 is 6.03 Å². The molecule has 1 N–H and O–H groups in total. The minimum Gasteiger partial charge on any atom is -0.338 e. The topological polar surface area (TPSA) is 69.7 Å². The molecule has 0 bridgehead atoms. The molecule has 1 aromatic rings. The Morgan fingerprint density at radius 1 is 1.36 bits per heavy atom. The highest BCUT2D eigenvalue weighted by Crippen LogP contribution is 2.35. The highest BCUT2D eigenvalue weighted by molar-refractivity contribution is 7.09. The summed E-state index contributed by atoms with van der Waals surface area (Å²) in [7, 11) is 0. The molecule has 136 valence electrons. The molecule has 4 amide bonds. The van der Waals surface area contributed by atoms with Crippen LogP contribution in [-0.4, -0.2) is 46.3 Å². The van der Waals surface area contributed by atoms with Gasteiger partial charge in [-0.2, -0.15) is 0 Å². The zero-order chi connectivity index (χ0) is 17.9. The number of thiophene rings is 1. The van der Waals surface area contributed by atoms with Gasteiger partial charge in [-0.25, -0.2) is 4.79 Å². The lowest BCUT2D eigenvalue weighted by Crippen LogP contribution is -2.44. The summed E-state index contributed by atoms with van der Waals surface area (Å²) in [5.41, 5.74) is -0.657. The molecular weight excluding hydrogens is 338 g/mol. The third-order valence-corrected chi connectivity index (χ3v) is 6.00. The molecule has 2 fully saturated rings. The Kier molecular flexibility index (Phi) is 5.42. The van der Waals surface area contributed by atoms with Crippen molar-refractivity contribution in [3.63, 3.8) is 0 Å². The van der Waals surface area contributed by atoms with Crippen LogP contribution in [0.2, 0.25) is 0 Å². The second kappa shape index (κ2) is 7.56. The van der Waals surface area contributed by atoms with Crippen molar-refractivity contribution in [3.8, 4) is 0 Å². The van der Waals surface area contributed by atoms with Gasteiger partial charge in [0.05, 0.1) is 6.54 Å². The van der Waals surface area contributed by atoms with Gasteiger partial charge in [-0.3, -0.25) is 14.5 Å². The normalized spacial score (nSPS) is 18.8. The molecule has 0 aromatic carbocycles. The molecule has 2 aliphatic rings. The van der Waals surface area contributed by atoms with Gasteiger partial charge in [-0.15, -0.1) is 11.3 Å². The van der Waals surface area contributed by atoms with Crippen LogP contribution in [0, 0.1) is 0 Å². The number of hydrogen-bond donors (Lipinski definition) is 1. The van der Waals surface area contributed by atoms with Gasteiger partial charge in [0.2, 0.25) is 5.91 Å². The SMILES string of the molecule is CCN(Cc1cccs1)C(=O)CCCN1C(=O)NC2(CCCC2)C1=O. The largest absolute Gasteiger partial charge is 0.338 e. The molecule has 0 unspecified atom stereocenters. The van der Waals surface area contributed by atoms with E-state index in [1.807, 2.05) is 29.3 Å². The van der Waals surface area contributed by atoms with Crippen LogP contribution in [0.3, 0.4) is 0 Å². The van der Waals surface area contributed by atoms with E-state index in [0.717, 1.165) is 30.6 Å². The quantitative estimate of drug-likeness (QED) is 0.757. The van der Waals surface area contributed by atoms with Gasteiger partial charge in [0.25, 0.3) is 5.91 Å². The first-order valence-corrected chi connectivity index (χ1v) is 9.88. The average molecular weight is 363 g/mol. The summed E-state index contributed by atoms with van der Waals surface area (Å²) >= 11 is 1.64. The fourth-order valence-corrected chi connectivity index (χ4v) is 4.43. The second-order valence-corrected chi connectivity index (χ2v) is 7.80. The molecule has 25 heavy (non-hydrogen) atoms. The summed E-state index contributed by atoms with van der Waals surface area (Å²) in [5, 5.41) is 4.88. The van der Waals surface area contributed by atoms with E-state index in [1.165, 1.54) is 4.90 Å². The summed E-state index contributed by atoms with van der Waals surface area (Å²) in [6.07, 6.45) is 4.28.